The number of pyridine rings is 2. The zero-order valence-corrected chi connectivity index (χ0v) is 18.7. The van der Waals surface area contributed by atoms with Crippen LogP contribution in [0.5, 0.6) is 0 Å². The molecule has 0 aliphatic carbocycles. The summed E-state index contributed by atoms with van der Waals surface area (Å²) in [6, 6.07) is 19.2. The predicted molar refractivity (Wildman–Crippen MR) is 129 cm³/mol. The smallest absolute Gasteiger partial charge is 0.225 e. The van der Waals surface area contributed by atoms with Crippen LogP contribution in [0.2, 0.25) is 0 Å². The fraction of sp³-hybridized carbons (Fsp3) is 0.192. The Hall–Kier alpha value is -4.13. The standard InChI is InChI=1S/C26H26N6O/c1-32(2)24-16-23(30-26(31-24)21-11-7-13-28-18-21)22(14-19-8-4-3-5-9-19)29-25(33)15-20-10-6-12-27-17-20/h3-13,16-18,22H,14-15H2,1-2H3,(H,29,33). The normalized spacial score (nSPS) is 11.6. The Morgan fingerprint density at radius 3 is 2.30 bits per heavy atom. The van der Waals surface area contributed by atoms with Crippen LogP contribution in [-0.4, -0.2) is 39.9 Å². The van der Waals surface area contributed by atoms with Gasteiger partial charge in [0, 0.05) is 50.5 Å². The van der Waals surface area contributed by atoms with E-state index in [1.807, 2.05) is 67.5 Å². The third-order valence-corrected chi connectivity index (χ3v) is 5.17. The molecule has 7 heteroatoms. The number of nitrogens with zero attached hydrogens (tertiary/aromatic N) is 5. The maximum Gasteiger partial charge on any atom is 0.225 e. The molecule has 0 bridgehead atoms. The van der Waals surface area contributed by atoms with Crippen LogP contribution in [0.4, 0.5) is 5.82 Å². The number of benzene rings is 1. The minimum absolute atomic E-state index is 0.0862. The summed E-state index contributed by atoms with van der Waals surface area (Å²) in [5.74, 6) is 1.25. The highest BCUT2D eigenvalue weighted by Crippen LogP contribution is 2.24. The molecule has 0 saturated carbocycles. The number of carbonyl (C=O) groups excluding carboxylic acids is 1. The largest absolute Gasteiger partial charge is 0.363 e. The number of hydrogen-bond donors (Lipinski definition) is 1. The van der Waals surface area contributed by atoms with Gasteiger partial charge in [-0.05, 0) is 35.7 Å². The molecule has 3 aromatic heterocycles. The molecular formula is C26H26N6O. The molecule has 7 nitrogen and oxygen atoms in total. The van der Waals surface area contributed by atoms with Gasteiger partial charge in [-0.1, -0.05) is 36.4 Å². The van der Waals surface area contributed by atoms with Gasteiger partial charge in [-0.25, -0.2) is 9.97 Å². The summed E-state index contributed by atoms with van der Waals surface area (Å²) >= 11 is 0. The third-order valence-electron chi connectivity index (χ3n) is 5.17. The van der Waals surface area contributed by atoms with Crippen molar-refractivity contribution in [1.29, 1.82) is 0 Å². The molecule has 3 heterocycles. The SMILES string of the molecule is CN(C)c1cc(C(Cc2ccccc2)NC(=O)Cc2cccnc2)nc(-c2cccnc2)n1. The molecule has 1 N–H and O–H groups in total. The van der Waals surface area contributed by atoms with E-state index in [9.17, 15) is 4.79 Å². The van der Waals surface area contributed by atoms with E-state index in [2.05, 4.69) is 27.4 Å². The van der Waals surface area contributed by atoms with Crippen molar-refractivity contribution in [2.45, 2.75) is 18.9 Å². The topological polar surface area (TPSA) is 83.9 Å². The van der Waals surface area contributed by atoms with E-state index in [-0.39, 0.29) is 18.4 Å². The number of aromatic nitrogens is 4. The van der Waals surface area contributed by atoms with Gasteiger partial charge >= 0.3 is 0 Å². The maximum absolute atomic E-state index is 13.0. The van der Waals surface area contributed by atoms with Gasteiger partial charge in [-0.2, -0.15) is 0 Å². The van der Waals surface area contributed by atoms with Crippen LogP contribution in [0, 0.1) is 0 Å². The average Bonchev–Trinajstić information content (AvgIpc) is 2.85. The summed E-state index contributed by atoms with van der Waals surface area (Å²) in [6.45, 7) is 0. The molecule has 1 aromatic carbocycles. The Kier molecular flexibility index (Phi) is 6.99. The molecule has 4 rings (SSSR count). The molecule has 0 radical (unpaired) electrons. The van der Waals surface area contributed by atoms with Gasteiger partial charge in [-0.15, -0.1) is 0 Å². The van der Waals surface area contributed by atoms with Gasteiger partial charge in [0.25, 0.3) is 0 Å². The van der Waals surface area contributed by atoms with E-state index >= 15 is 0 Å². The van der Waals surface area contributed by atoms with Gasteiger partial charge < -0.3 is 10.2 Å². The third kappa shape index (κ3) is 5.98. The second-order valence-electron chi connectivity index (χ2n) is 7.96. The number of hydrogen-bond acceptors (Lipinski definition) is 6. The molecule has 1 amide bonds. The maximum atomic E-state index is 13.0. The van der Waals surface area contributed by atoms with Crippen LogP contribution in [0.25, 0.3) is 11.4 Å². The van der Waals surface area contributed by atoms with E-state index < -0.39 is 0 Å². The highest BCUT2D eigenvalue weighted by atomic mass is 16.1. The van der Waals surface area contributed by atoms with Crippen LogP contribution >= 0.6 is 0 Å². The van der Waals surface area contributed by atoms with E-state index in [1.54, 1.807) is 24.8 Å². The Labute approximate surface area is 193 Å². The monoisotopic (exact) mass is 438 g/mol. The molecule has 0 aliphatic heterocycles. The lowest BCUT2D eigenvalue weighted by molar-refractivity contribution is -0.121. The van der Waals surface area contributed by atoms with Crippen LogP contribution in [0.1, 0.15) is 22.9 Å². The first-order valence-corrected chi connectivity index (χ1v) is 10.8. The lowest BCUT2D eigenvalue weighted by Gasteiger charge is -2.21. The zero-order valence-electron chi connectivity index (χ0n) is 18.7. The fourth-order valence-corrected chi connectivity index (χ4v) is 3.50. The first-order valence-electron chi connectivity index (χ1n) is 10.8. The lowest BCUT2D eigenvalue weighted by atomic mass is 10.0. The van der Waals surface area contributed by atoms with Crippen molar-refractivity contribution in [1.82, 2.24) is 25.3 Å². The van der Waals surface area contributed by atoms with Crippen LogP contribution < -0.4 is 10.2 Å². The zero-order chi connectivity index (χ0) is 23.0. The molecule has 33 heavy (non-hydrogen) atoms. The molecule has 0 fully saturated rings. The summed E-state index contributed by atoms with van der Waals surface area (Å²) in [5.41, 5.74) is 3.54. The fourth-order valence-electron chi connectivity index (χ4n) is 3.50. The minimum Gasteiger partial charge on any atom is -0.363 e. The van der Waals surface area contributed by atoms with Crippen LogP contribution in [0.15, 0.2) is 85.5 Å². The summed E-state index contributed by atoms with van der Waals surface area (Å²) in [6.07, 6.45) is 7.73. The van der Waals surface area contributed by atoms with Gasteiger partial charge in [0.05, 0.1) is 18.2 Å². The van der Waals surface area contributed by atoms with Crippen LogP contribution in [-0.2, 0) is 17.6 Å². The minimum atomic E-state index is -0.325. The summed E-state index contributed by atoms with van der Waals surface area (Å²) in [7, 11) is 3.87. The summed E-state index contributed by atoms with van der Waals surface area (Å²) in [4.78, 5) is 32.7. The Morgan fingerprint density at radius 2 is 1.64 bits per heavy atom. The van der Waals surface area contributed by atoms with Gasteiger partial charge in [-0.3, -0.25) is 14.8 Å². The van der Waals surface area contributed by atoms with E-state index in [0.29, 0.717) is 12.2 Å². The number of rotatable bonds is 8. The Morgan fingerprint density at radius 1 is 0.909 bits per heavy atom. The van der Waals surface area contributed by atoms with Crippen molar-refractivity contribution in [2.75, 3.05) is 19.0 Å². The highest BCUT2D eigenvalue weighted by Gasteiger charge is 2.20. The highest BCUT2D eigenvalue weighted by molar-refractivity contribution is 5.79. The van der Waals surface area contributed by atoms with Gasteiger partial charge in [0.15, 0.2) is 5.82 Å². The van der Waals surface area contributed by atoms with Crippen molar-refractivity contribution in [3.63, 3.8) is 0 Å². The van der Waals surface area contributed by atoms with Crippen LogP contribution in [0.3, 0.4) is 0 Å². The number of amides is 1. The molecule has 4 aromatic rings. The quantitative estimate of drug-likeness (QED) is 0.452. The second kappa shape index (κ2) is 10.5. The summed E-state index contributed by atoms with van der Waals surface area (Å²) < 4.78 is 0. The first-order chi connectivity index (χ1) is 16.1. The van der Waals surface area contributed by atoms with E-state index in [4.69, 9.17) is 9.97 Å². The molecular weight excluding hydrogens is 412 g/mol. The molecule has 1 atom stereocenters. The first kappa shape index (κ1) is 22.1. The van der Waals surface area contributed by atoms with Crippen molar-refractivity contribution in [2.24, 2.45) is 0 Å². The predicted octanol–water partition coefficient (Wildman–Crippen LogP) is 3.64. The van der Waals surface area contributed by atoms with Crippen molar-refractivity contribution >= 4 is 11.7 Å². The van der Waals surface area contributed by atoms with Gasteiger partial charge in [0.1, 0.15) is 5.82 Å². The Bertz CT molecular complexity index is 1180. The average molecular weight is 439 g/mol. The van der Waals surface area contributed by atoms with E-state index in [0.717, 1.165) is 28.2 Å². The van der Waals surface area contributed by atoms with Crippen molar-refractivity contribution in [3.05, 3.63) is 102 Å². The molecule has 0 saturated heterocycles. The summed E-state index contributed by atoms with van der Waals surface area (Å²) in [5, 5.41) is 3.18. The van der Waals surface area contributed by atoms with Crippen molar-refractivity contribution < 1.29 is 4.79 Å². The molecule has 0 aliphatic rings. The molecule has 166 valence electrons. The lowest BCUT2D eigenvalue weighted by Crippen LogP contribution is -2.32. The van der Waals surface area contributed by atoms with Gasteiger partial charge in [0.2, 0.25) is 5.91 Å². The number of carbonyl (C=O) groups is 1. The van der Waals surface area contributed by atoms with E-state index in [1.165, 1.54) is 0 Å². The number of nitrogens with one attached hydrogen (secondary N) is 1. The second-order valence-corrected chi connectivity index (χ2v) is 7.96. The molecule has 0 spiro atoms. The molecule has 1 unspecified atom stereocenters. The van der Waals surface area contributed by atoms with Crippen molar-refractivity contribution in [3.8, 4) is 11.4 Å². The Balaban J connectivity index is 1.69. The number of anilines is 1.